The van der Waals surface area contributed by atoms with Crippen molar-refractivity contribution in [1.29, 1.82) is 0 Å². The van der Waals surface area contributed by atoms with Crippen LogP contribution in [0.2, 0.25) is 5.02 Å². The lowest BCUT2D eigenvalue weighted by atomic mass is 9.96. The maximum atomic E-state index is 13.3. The number of halogens is 1. The number of amides is 2. The Morgan fingerprint density at radius 1 is 1.15 bits per heavy atom. The molecule has 0 bridgehead atoms. The molecule has 1 aliphatic heterocycles. The number of ether oxygens (including phenoxy) is 1. The molecule has 1 aromatic heterocycles. The van der Waals surface area contributed by atoms with Crippen LogP contribution < -0.4 is 15.0 Å². The number of aromatic nitrogens is 1. The summed E-state index contributed by atoms with van der Waals surface area (Å²) in [6.07, 6.45) is 3.08. The number of methoxy groups -OCH3 is 1. The molecule has 34 heavy (non-hydrogen) atoms. The predicted octanol–water partition coefficient (Wildman–Crippen LogP) is 4.33. The number of aliphatic hydroxyl groups is 1. The Morgan fingerprint density at radius 3 is 2.62 bits per heavy atom. The lowest BCUT2D eigenvalue weighted by Crippen LogP contribution is -2.29. The van der Waals surface area contributed by atoms with Crippen LogP contribution in [0.25, 0.3) is 5.76 Å². The van der Waals surface area contributed by atoms with Crippen LogP contribution in [0.5, 0.6) is 5.75 Å². The molecule has 1 fully saturated rings. The van der Waals surface area contributed by atoms with Crippen molar-refractivity contribution < 1.29 is 24.2 Å². The molecule has 2 amide bonds. The van der Waals surface area contributed by atoms with Gasteiger partial charge in [-0.05, 0) is 48.0 Å². The van der Waals surface area contributed by atoms with Crippen molar-refractivity contribution in [2.24, 2.45) is 0 Å². The average molecular weight is 478 g/mol. The lowest BCUT2D eigenvalue weighted by Gasteiger charge is -2.25. The number of carbonyl (C=O) groups excluding carboxylic acids is 3. The molecule has 1 saturated heterocycles. The molecular formula is C25H20ClN3O5. The van der Waals surface area contributed by atoms with Gasteiger partial charge in [0.25, 0.3) is 11.7 Å². The molecule has 2 aromatic carbocycles. The zero-order valence-electron chi connectivity index (χ0n) is 18.3. The molecule has 2 N–H and O–H groups in total. The van der Waals surface area contributed by atoms with E-state index in [0.29, 0.717) is 22.0 Å². The van der Waals surface area contributed by atoms with E-state index in [4.69, 9.17) is 16.3 Å². The molecule has 0 aliphatic carbocycles. The number of nitrogens with zero attached hydrogens (tertiary/aromatic N) is 2. The van der Waals surface area contributed by atoms with E-state index in [2.05, 4.69) is 10.3 Å². The van der Waals surface area contributed by atoms with E-state index < -0.39 is 23.5 Å². The topological polar surface area (TPSA) is 109 Å². The Kier molecular flexibility index (Phi) is 6.34. The zero-order valence-corrected chi connectivity index (χ0v) is 19.0. The number of carbonyl (C=O) groups is 3. The Morgan fingerprint density at radius 2 is 1.94 bits per heavy atom. The van der Waals surface area contributed by atoms with E-state index in [0.717, 1.165) is 0 Å². The van der Waals surface area contributed by atoms with Crippen molar-refractivity contribution in [3.63, 3.8) is 0 Å². The number of pyridine rings is 1. The molecule has 4 rings (SSSR count). The van der Waals surface area contributed by atoms with Crippen LogP contribution in [-0.2, 0) is 14.4 Å². The number of aliphatic hydroxyl groups excluding tert-OH is 1. The van der Waals surface area contributed by atoms with Crippen LogP contribution in [-0.4, -0.2) is 34.8 Å². The molecule has 8 nitrogen and oxygen atoms in total. The summed E-state index contributed by atoms with van der Waals surface area (Å²) in [6, 6.07) is 13.5. The SMILES string of the molecule is COc1ccc(Cl)cc1/C(O)=C1\C(=O)C(=O)N(c2cccc(NC(C)=O)c2)C1c1cccnc1. The first kappa shape index (κ1) is 23.0. The van der Waals surface area contributed by atoms with Gasteiger partial charge in [-0.15, -0.1) is 0 Å². The largest absolute Gasteiger partial charge is 0.507 e. The van der Waals surface area contributed by atoms with Crippen LogP contribution in [0.15, 0.2) is 72.6 Å². The van der Waals surface area contributed by atoms with Crippen LogP contribution in [0.3, 0.4) is 0 Å². The summed E-state index contributed by atoms with van der Waals surface area (Å²) in [7, 11) is 1.42. The minimum absolute atomic E-state index is 0.136. The van der Waals surface area contributed by atoms with Gasteiger partial charge in [-0.25, -0.2) is 0 Å². The van der Waals surface area contributed by atoms with E-state index in [9.17, 15) is 19.5 Å². The highest BCUT2D eigenvalue weighted by molar-refractivity contribution is 6.51. The maximum Gasteiger partial charge on any atom is 0.300 e. The van der Waals surface area contributed by atoms with Gasteiger partial charge < -0.3 is 15.2 Å². The highest BCUT2D eigenvalue weighted by Crippen LogP contribution is 2.43. The summed E-state index contributed by atoms with van der Waals surface area (Å²) < 4.78 is 5.33. The fourth-order valence-corrected chi connectivity index (χ4v) is 4.07. The van der Waals surface area contributed by atoms with Crippen molar-refractivity contribution in [3.8, 4) is 5.75 Å². The molecule has 1 atom stereocenters. The van der Waals surface area contributed by atoms with Gasteiger partial charge in [-0.3, -0.25) is 24.3 Å². The van der Waals surface area contributed by atoms with Crippen molar-refractivity contribution in [1.82, 2.24) is 4.98 Å². The fraction of sp³-hybridized carbons (Fsp3) is 0.120. The van der Waals surface area contributed by atoms with Crippen molar-refractivity contribution in [2.75, 3.05) is 17.3 Å². The minimum atomic E-state index is -0.982. The summed E-state index contributed by atoms with van der Waals surface area (Å²) >= 11 is 6.13. The first-order valence-electron chi connectivity index (χ1n) is 10.2. The van der Waals surface area contributed by atoms with Crippen LogP contribution >= 0.6 is 11.6 Å². The lowest BCUT2D eigenvalue weighted by molar-refractivity contribution is -0.132. The first-order chi connectivity index (χ1) is 16.3. The monoisotopic (exact) mass is 477 g/mol. The van der Waals surface area contributed by atoms with Crippen molar-refractivity contribution in [3.05, 3.63) is 88.7 Å². The number of nitrogens with one attached hydrogen (secondary N) is 1. The van der Waals surface area contributed by atoms with Crippen LogP contribution in [0.4, 0.5) is 11.4 Å². The highest BCUT2D eigenvalue weighted by atomic mass is 35.5. The molecule has 0 saturated carbocycles. The number of Topliss-reactive ketones (excluding diaryl/α,β-unsaturated/α-hetero) is 1. The summed E-state index contributed by atoms with van der Waals surface area (Å²) in [4.78, 5) is 43.4. The molecule has 9 heteroatoms. The number of hydrogen-bond acceptors (Lipinski definition) is 6. The molecule has 172 valence electrons. The second-order valence-electron chi connectivity index (χ2n) is 7.53. The number of rotatable bonds is 5. The highest BCUT2D eigenvalue weighted by Gasteiger charge is 2.47. The van der Waals surface area contributed by atoms with E-state index >= 15 is 0 Å². The average Bonchev–Trinajstić information content (AvgIpc) is 3.09. The third kappa shape index (κ3) is 4.23. The Hall–Kier alpha value is -4.17. The second-order valence-corrected chi connectivity index (χ2v) is 7.97. The van der Waals surface area contributed by atoms with Gasteiger partial charge in [0.05, 0.1) is 24.3 Å². The number of anilines is 2. The van der Waals surface area contributed by atoms with E-state index in [1.807, 2.05) is 0 Å². The molecule has 2 heterocycles. The Labute approximate surface area is 200 Å². The predicted molar refractivity (Wildman–Crippen MR) is 128 cm³/mol. The maximum absolute atomic E-state index is 13.3. The van der Waals surface area contributed by atoms with Gasteiger partial charge in [-0.1, -0.05) is 23.7 Å². The molecule has 3 aromatic rings. The van der Waals surface area contributed by atoms with Crippen molar-refractivity contribution in [2.45, 2.75) is 13.0 Å². The summed E-state index contributed by atoms with van der Waals surface area (Å²) in [5.41, 5.74) is 1.36. The number of ketones is 1. The molecule has 0 spiro atoms. The van der Waals surface area contributed by atoms with Crippen molar-refractivity contribution >= 4 is 46.3 Å². The van der Waals surface area contributed by atoms with Gasteiger partial charge >= 0.3 is 0 Å². The normalized spacial score (nSPS) is 17.0. The molecule has 1 aliphatic rings. The third-order valence-electron chi connectivity index (χ3n) is 5.31. The van der Waals surface area contributed by atoms with Gasteiger partial charge in [0.15, 0.2) is 0 Å². The van der Waals surface area contributed by atoms with Crippen LogP contribution in [0, 0.1) is 0 Å². The van der Waals surface area contributed by atoms with E-state index in [1.165, 1.54) is 31.2 Å². The fourth-order valence-electron chi connectivity index (χ4n) is 3.90. The molecule has 1 unspecified atom stereocenters. The number of benzene rings is 2. The van der Waals surface area contributed by atoms with Gasteiger partial charge in [-0.2, -0.15) is 0 Å². The summed E-state index contributed by atoms with van der Waals surface area (Å²) in [6.45, 7) is 1.37. The third-order valence-corrected chi connectivity index (χ3v) is 5.54. The van der Waals surface area contributed by atoms with E-state index in [-0.39, 0.29) is 22.8 Å². The molecular weight excluding hydrogens is 458 g/mol. The number of hydrogen-bond donors (Lipinski definition) is 2. The second kappa shape index (κ2) is 9.36. The quantitative estimate of drug-likeness (QED) is 0.321. The van der Waals surface area contributed by atoms with Gasteiger partial charge in [0.1, 0.15) is 11.5 Å². The van der Waals surface area contributed by atoms with E-state index in [1.54, 1.807) is 54.7 Å². The first-order valence-corrected chi connectivity index (χ1v) is 10.6. The molecule has 0 radical (unpaired) electrons. The summed E-state index contributed by atoms with van der Waals surface area (Å²) in [5.74, 6) is -2.14. The van der Waals surface area contributed by atoms with Gasteiger partial charge in [0.2, 0.25) is 5.91 Å². The van der Waals surface area contributed by atoms with Crippen LogP contribution in [0.1, 0.15) is 24.1 Å². The zero-order chi connectivity index (χ0) is 24.4. The Bertz CT molecular complexity index is 1320. The smallest absolute Gasteiger partial charge is 0.300 e. The minimum Gasteiger partial charge on any atom is -0.507 e. The van der Waals surface area contributed by atoms with Gasteiger partial charge in [0, 0.05) is 35.7 Å². The standard InChI is InChI=1S/C25H20ClN3O5/c1-14(30)28-17-6-3-7-18(12-17)29-22(15-5-4-10-27-13-15)21(24(32)25(29)33)23(31)19-11-16(26)8-9-20(19)34-2/h3-13,22,31H,1-2H3,(H,28,30)/b23-21+. The Balaban J connectivity index is 1.94. The summed E-state index contributed by atoms with van der Waals surface area (Å²) in [5, 5.41) is 14.3.